The van der Waals surface area contributed by atoms with Gasteiger partial charge in [0.15, 0.2) is 0 Å². The summed E-state index contributed by atoms with van der Waals surface area (Å²) in [5.41, 5.74) is 1.17. The molecule has 0 radical (unpaired) electrons. The maximum Gasteiger partial charge on any atom is 0.257 e. The number of nitrogens with zero attached hydrogens (tertiary/aromatic N) is 2. The summed E-state index contributed by atoms with van der Waals surface area (Å²) in [6.07, 6.45) is 2.28. The molecule has 2 aromatic rings. The van der Waals surface area contributed by atoms with Crippen molar-refractivity contribution in [1.82, 2.24) is 9.88 Å². The number of pyridine rings is 1. The number of H-pyrrole nitrogens is 1. The Morgan fingerprint density at radius 3 is 2.57 bits per heavy atom. The summed E-state index contributed by atoms with van der Waals surface area (Å²) in [4.78, 5) is 19.9. The van der Waals surface area contributed by atoms with E-state index in [0.29, 0.717) is 6.04 Å². The van der Waals surface area contributed by atoms with Gasteiger partial charge in [-0.3, -0.25) is 4.79 Å². The maximum atomic E-state index is 12.3. The largest absolute Gasteiger partial charge is 0.358 e. The van der Waals surface area contributed by atoms with Gasteiger partial charge in [0.2, 0.25) is 0 Å². The fourth-order valence-electron chi connectivity index (χ4n) is 3.22. The van der Waals surface area contributed by atoms with Crippen molar-refractivity contribution in [2.75, 3.05) is 32.1 Å². The van der Waals surface area contributed by atoms with E-state index in [2.05, 4.69) is 47.9 Å². The summed E-state index contributed by atoms with van der Waals surface area (Å²) < 4.78 is 0. The number of hydrogen-bond acceptors (Lipinski definition) is 3. The Labute approximate surface area is 125 Å². The highest BCUT2D eigenvalue weighted by molar-refractivity contribution is 5.86. The molecule has 0 spiro atoms. The van der Waals surface area contributed by atoms with Gasteiger partial charge >= 0.3 is 0 Å². The lowest BCUT2D eigenvalue weighted by Crippen LogP contribution is -2.42. The van der Waals surface area contributed by atoms with Crippen LogP contribution in [0.2, 0.25) is 0 Å². The smallest absolute Gasteiger partial charge is 0.257 e. The van der Waals surface area contributed by atoms with Gasteiger partial charge in [0.1, 0.15) is 5.82 Å². The third kappa shape index (κ3) is 2.68. The van der Waals surface area contributed by atoms with Crippen LogP contribution in [0.15, 0.2) is 29.1 Å². The monoisotopic (exact) mass is 285 g/mol. The van der Waals surface area contributed by atoms with Gasteiger partial charge in [-0.2, -0.15) is 0 Å². The second-order valence-corrected chi connectivity index (χ2v) is 6.20. The molecule has 1 aromatic carbocycles. The third-order valence-electron chi connectivity index (χ3n) is 4.63. The van der Waals surface area contributed by atoms with Gasteiger partial charge in [-0.25, -0.2) is 0 Å². The standard InChI is InChI=1S/C17H23N3O/c1-12-5-4-6-14-15(12)11-16(18-17(14)21)20-9-7-13(8-10-20)19(2)3/h4-6,11,13H,7-10H2,1-3H3,(H,18,21). The summed E-state index contributed by atoms with van der Waals surface area (Å²) in [6, 6.07) is 8.67. The van der Waals surface area contributed by atoms with E-state index in [1.165, 1.54) is 0 Å². The summed E-state index contributed by atoms with van der Waals surface area (Å²) in [7, 11) is 4.28. The van der Waals surface area contributed by atoms with E-state index < -0.39 is 0 Å². The molecule has 4 heteroatoms. The van der Waals surface area contributed by atoms with Gasteiger partial charge in [0.25, 0.3) is 5.56 Å². The van der Waals surface area contributed by atoms with Crippen LogP contribution in [0.1, 0.15) is 18.4 Å². The van der Waals surface area contributed by atoms with E-state index in [-0.39, 0.29) is 5.56 Å². The number of aromatic nitrogens is 1. The summed E-state index contributed by atoms with van der Waals surface area (Å²) in [5, 5.41) is 1.84. The Morgan fingerprint density at radius 2 is 1.90 bits per heavy atom. The van der Waals surface area contributed by atoms with Crippen LogP contribution >= 0.6 is 0 Å². The molecule has 0 bridgehead atoms. The molecule has 4 nitrogen and oxygen atoms in total. The van der Waals surface area contributed by atoms with Gasteiger partial charge in [0, 0.05) is 24.5 Å². The molecule has 0 unspecified atom stereocenters. The number of piperidine rings is 1. The molecule has 1 aromatic heterocycles. The van der Waals surface area contributed by atoms with E-state index in [0.717, 1.165) is 48.1 Å². The second kappa shape index (κ2) is 5.53. The number of anilines is 1. The highest BCUT2D eigenvalue weighted by atomic mass is 16.1. The number of hydrogen-bond donors (Lipinski definition) is 1. The molecule has 21 heavy (non-hydrogen) atoms. The molecule has 0 aliphatic carbocycles. The first-order valence-corrected chi connectivity index (χ1v) is 7.60. The minimum atomic E-state index is 0.0148. The van der Waals surface area contributed by atoms with Crippen molar-refractivity contribution in [2.24, 2.45) is 0 Å². The molecule has 1 N–H and O–H groups in total. The van der Waals surface area contributed by atoms with E-state index in [1.54, 1.807) is 0 Å². The van der Waals surface area contributed by atoms with Gasteiger partial charge in [-0.1, -0.05) is 12.1 Å². The Bertz CT molecular complexity index is 697. The third-order valence-corrected chi connectivity index (χ3v) is 4.63. The Balaban J connectivity index is 1.92. The topological polar surface area (TPSA) is 39.3 Å². The van der Waals surface area contributed by atoms with Crippen LogP contribution in [0.25, 0.3) is 10.8 Å². The molecule has 0 amide bonds. The Morgan fingerprint density at radius 1 is 1.19 bits per heavy atom. The zero-order valence-corrected chi connectivity index (χ0v) is 13.0. The molecule has 3 rings (SSSR count). The molecular weight excluding hydrogens is 262 g/mol. The molecule has 1 saturated heterocycles. The summed E-state index contributed by atoms with van der Waals surface area (Å²) >= 11 is 0. The molecular formula is C17H23N3O. The Kier molecular flexibility index (Phi) is 3.72. The van der Waals surface area contributed by atoms with Crippen molar-refractivity contribution >= 4 is 16.6 Å². The zero-order chi connectivity index (χ0) is 15.0. The first-order valence-electron chi connectivity index (χ1n) is 7.60. The predicted octanol–water partition coefficient (Wildman–Crippen LogP) is 2.37. The lowest BCUT2D eigenvalue weighted by molar-refractivity contribution is 0.249. The SMILES string of the molecule is Cc1cccc2c(=O)[nH]c(N3CCC(N(C)C)CC3)cc12. The minimum absolute atomic E-state index is 0.0148. The van der Waals surface area contributed by atoms with E-state index in [1.807, 2.05) is 12.1 Å². The van der Waals surface area contributed by atoms with Crippen molar-refractivity contribution in [3.05, 3.63) is 40.2 Å². The van der Waals surface area contributed by atoms with E-state index in [9.17, 15) is 4.79 Å². The zero-order valence-electron chi connectivity index (χ0n) is 13.0. The fourth-order valence-corrected chi connectivity index (χ4v) is 3.22. The van der Waals surface area contributed by atoms with Gasteiger partial charge in [0.05, 0.1) is 0 Å². The number of nitrogens with one attached hydrogen (secondary N) is 1. The van der Waals surface area contributed by atoms with Crippen molar-refractivity contribution < 1.29 is 0 Å². The van der Waals surface area contributed by atoms with Crippen molar-refractivity contribution in [3.63, 3.8) is 0 Å². The van der Waals surface area contributed by atoms with Crippen LogP contribution in [0.5, 0.6) is 0 Å². The number of fused-ring (bicyclic) bond motifs is 1. The van der Waals surface area contributed by atoms with Crippen molar-refractivity contribution in [3.8, 4) is 0 Å². The molecule has 1 aliphatic heterocycles. The van der Waals surface area contributed by atoms with Crippen molar-refractivity contribution in [2.45, 2.75) is 25.8 Å². The second-order valence-electron chi connectivity index (χ2n) is 6.20. The normalized spacial score (nSPS) is 16.9. The van der Waals surface area contributed by atoms with Crippen LogP contribution in [-0.2, 0) is 0 Å². The minimum Gasteiger partial charge on any atom is -0.358 e. The maximum absolute atomic E-state index is 12.3. The lowest BCUT2D eigenvalue weighted by atomic mass is 10.0. The molecule has 1 fully saturated rings. The van der Waals surface area contributed by atoms with Gasteiger partial charge < -0.3 is 14.8 Å². The highest BCUT2D eigenvalue weighted by Crippen LogP contribution is 2.23. The predicted molar refractivity (Wildman–Crippen MR) is 88.2 cm³/mol. The molecule has 112 valence electrons. The number of benzene rings is 1. The van der Waals surface area contributed by atoms with Crippen molar-refractivity contribution in [1.29, 1.82) is 0 Å². The Hall–Kier alpha value is -1.81. The number of rotatable bonds is 2. The molecule has 2 heterocycles. The number of aromatic amines is 1. The van der Waals surface area contributed by atoms with Crippen LogP contribution in [-0.4, -0.2) is 43.1 Å². The van der Waals surface area contributed by atoms with Crippen LogP contribution < -0.4 is 10.5 Å². The fraction of sp³-hybridized carbons (Fsp3) is 0.471. The summed E-state index contributed by atoms with van der Waals surface area (Å²) in [5.74, 6) is 0.957. The van der Waals surface area contributed by atoms with Crippen LogP contribution in [0.3, 0.4) is 0 Å². The van der Waals surface area contributed by atoms with Crippen LogP contribution in [0.4, 0.5) is 5.82 Å². The average molecular weight is 285 g/mol. The number of aryl methyl sites for hydroxylation is 1. The van der Waals surface area contributed by atoms with Gasteiger partial charge in [-0.05, 0) is 56.9 Å². The van der Waals surface area contributed by atoms with E-state index in [4.69, 9.17) is 0 Å². The molecule has 0 atom stereocenters. The quantitative estimate of drug-likeness (QED) is 0.921. The highest BCUT2D eigenvalue weighted by Gasteiger charge is 2.21. The molecule has 1 aliphatic rings. The summed E-state index contributed by atoms with van der Waals surface area (Å²) in [6.45, 7) is 4.05. The van der Waals surface area contributed by atoms with Crippen LogP contribution in [0, 0.1) is 6.92 Å². The lowest BCUT2D eigenvalue weighted by Gasteiger charge is -2.36. The van der Waals surface area contributed by atoms with E-state index >= 15 is 0 Å². The average Bonchev–Trinajstić information content (AvgIpc) is 2.48. The molecule has 0 saturated carbocycles. The van der Waals surface area contributed by atoms with Gasteiger partial charge in [-0.15, -0.1) is 0 Å². The first-order chi connectivity index (χ1) is 10.1. The first kappa shape index (κ1) is 14.1.